The molecule has 1 rings (SSSR count). The molecule has 1 aliphatic heterocycles. The number of ether oxygens (including phenoxy) is 2. The van der Waals surface area contributed by atoms with Crippen molar-refractivity contribution in [3.63, 3.8) is 0 Å². The summed E-state index contributed by atoms with van der Waals surface area (Å²) in [6.45, 7) is 6.78. The Bertz CT molecular complexity index is 224. The predicted octanol–water partition coefficient (Wildman–Crippen LogP) is 0.453. The highest BCUT2D eigenvalue weighted by Gasteiger charge is 2.37. The molecule has 0 saturated carbocycles. The van der Waals surface area contributed by atoms with E-state index in [0.717, 1.165) is 0 Å². The number of amides is 1. The van der Waals surface area contributed by atoms with Gasteiger partial charge in [-0.05, 0) is 20.8 Å². The van der Waals surface area contributed by atoms with Crippen LogP contribution in [0.1, 0.15) is 20.8 Å². The highest BCUT2D eigenvalue weighted by Crippen LogP contribution is 2.11. The fraction of sp³-hybridized carbons (Fsp3) is 0.900. The Kier molecular flexibility index (Phi) is 4.07. The van der Waals surface area contributed by atoms with Gasteiger partial charge in [0.25, 0.3) is 0 Å². The molecule has 1 heterocycles. The second kappa shape index (κ2) is 4.92. The molecule has 1 N–H and O–H groups in total. The van der Waals surface area contributed by atoms with Crippen LogP contribution >= 0.6 is 0 Å². The van der Waals surface area contributed by atoms with E-state index in [1.54, 1.807) is 4.90 Å². The third-order valence-corrected chi connectivity index (χ3v) is 1.99. The van der Waals surface area contributed by atoms with Crippen molar-refractivity contribution in [1.29, 1.82) is 0 Å². The number of carbonyl (C=O) groups is 1. The van der Waals surface area contributed by atoms with Gasteiger partial charge in [0.05, 0.1) is 6.61 Å². The first-order valence-corrected chi connectivity index (χ1v) is 5.13. The van der Waals surface area contributed by atoms with Gasteiger partial charge < -0.3 is 14.6 Å². The third-order valence-electron chi connectivity index (χ3n) is 1.99. The van der Waals surface area contributed by atoms with Gasteiger partial charge in [-0.3, -0.25) is 0 Å². The molecule has 0 aromatic carbocycles. The fourth-order valence-electron chi connectivity index (χ4n) is 1.32. The smallest absolute Gasteiger partial charge is 0.411 e. The standard InChI is InChI=1S/C10H19NO4/c1-10(2,3)15-9(13)11-4-5-14-8(6-11)7-12/h8,12H,4-7H2,1-3H3/q+1/t8-/m0/s1. The summed E-state index contributed by atoms with van der Waals surface area (Å²) in [5.74, 6) is 0. The van der Waals surface area contributed by atoms with E-state index in [1.165, 1.54) is 0 Å². The fourth-order valence-corrected chi connectivity index (χ4v) is 1.32. The summed E-state index contributed by atoms with van der Waals surface area (Å²) < 4.78 is 10.5. The van der Waals surface area contributed by atoms with Crippen LogP contribution in [0, 0.1) is 0 Å². The highest BCUT2D eigenvalue weighted by molar-refractivity contribution is 5.71. The van der Waals surface area contributed by atoms with E-state index in [9.17, 15) is 4.79 Å². The Balaban J connectivity index is 2.45. The largest absolute Gasteiger partial charge is 0.566 e. The van der Waals surface area contributed by atoms with Gasteiger partial charge in [0.1, 0.15) is 18.3 Å². The maximum absolute atomic E-state index is 11.6. The number of hydrogen-bond acceptors (Lipinski definition) is 4. The van der Waals surface area contributed by atoms with E-state index in [2.05, 4.69) is 0 Å². The monoisotopic (exact) mass is 217 g/mol. The number of hydrogen-bond donors (Lipinski definition) is 1. The minimum Gasteiger partial charge on any atom is -0.411 e. The van der Waals surface area contributed by atoms with Crippen molar-refractivity contribution in [2.45, 2.75) is 32.5 Å². The normalized spacial score (nSPS) is 23.9. The number of carbonyl (C=O) groups excluding carboxylic acids is 1. The Labute approximate surface area is 90.0 Å². The van der Waals surface area contributed by atoms with Crippen LogP contribution in [0.25, 0.3) is 0 Å². The van der Waals surface area contributed by atoms with Gasteiger partial charge in [-0.2, -0.15) is 4.79 Å². The zero-order chi connectivity index (χ0) is 11.5. The summed E-state index contributed by atoms with van der Waals surface area (Å²) in [7, 11) is 0. The summed E-state index contributed by atoms with van der Waals surface area (Å²) in [5, 5.41) is 8.92. The lowest BCUT2D eigenvalue weighted by Crippen LogP contribution is -2.52. The lowest BCUT2D eigenvalue weighted by atomic mass is 10.2. The first kappa shape index (κ1) is 12.4. The molecule has 1 radical (unpaired) electrons. The third kappa shape index (κ3) is 4.15. The Hall–Kier alpha value is -0.650. The minimum atomic E-state index is -0.482. The van der Waals surface area contributed by atoms with Crippen LogP contribution in [-0.2, 0) is 9.47 Å². The lowest BCUT2D eigenvalue weighted by molar-refractivity contribution is -0.0359. The molecule has 1 saturated heterocycles. The first-order chi connectivity index (χ1) is 6.92. The van der Waals surface area contributed by atoms with E-state index in [4.69, 9.17) is 14.6 Å². The van der Waals surface area contributed by atoms with Crippen LogP contribution in [0.5, 0.6) is 0 Å². The maximum atomic E-state index is 11.6. The Morgan fingerprint density at radius 1 is 1.60 bits per heavy atom. The topological polar surface area (TPSA) is 61.7 Å². The molecule has 1 fully saturated rings. The van der Waals surface area contributed by atoms with E-state index < -0.39 is 5.60 Å². The molecule has 0 aromatic rings. The summed E-state index contributed by atoms with van der Waals surface area (Å²) in [4.78, 5) is 13.2. The molecular weight excluding hydrogens is 198 g/mol. The summed E-state index contributed by atoms with van der Waals surface area (Å²) in [5.41, 5.74) is -0.482. The van der Waals surface area contributed by atoms with Crippen LogP contribution in [-0.4, -0.2) is 49.2 Å². The molecule has 5 heteroatoms. The quantitative estimate of drug-likeness (QED) is 0.648. The van der Waals surface area contributed by atoms with Crippen molar-refractivity contribution >= 4 is 6.09 Å². The van der Waals surface area contributed by atoms with Gasteiger partial charge >= 0.3 is 6.09 Å². The molecule has 0 spiro atoms. The Morgan fingerprint density at radius 3 is 2.80 bits per heavy atom. The summed E-state index contributed by atoms with van der Waals surface area (Å²) >= 11 is 0. The van der Waals surface area contributed by atoms with Crippen molar-refractivity contribution < 1.29 is 19.4 Å². The number of morpholine rings is 1. The van der Waals surface area contributed by atoms with Gasteiger partial charge in [-0.1, -0.05) is 4.90 Å². The molecule has 1 atom stereocenters. The molecule has 87 valence electrons. The van der Waals surface area contributed by atoms with E-state index >= 15 is 0 Å². The average molecular weight is 217 g/mol. The molecule has 0 unspecified atom stereocenters. The molecular formula is C10H19NO4+. The van der Waals surface area contributed by atoms with Crippen LogP contribution in [0.15, 0.2) is 0 Å². The highest BCUT2D eigenvalue weighted by atomic mass is 16.6. The minimum absolute atomic E-state index is 0.0701. The van der Waals surface area contributed by atoms with E-state index in [-0.39, 0.29) is 18.8 Å². The number of aliphatic hydroxyl groups excluding tert-OH is 1. The van der Waals surface area contributed by atoms with Crippen molar-refractivity contribution in [2.24, 2.45) is 0 Å². The van der Waals surface area contributed by atoms with Crippen LogP contribution < -0.4 is 4.90 Å². The van der Waals surface area contributed by atoms with Gasteiger partial charge in [-0.25, -0.2) is 0 Å². The van der Waals surface area contributed by atoms with Gasteiger partial charge in [-0.15, -0.1) is 0 Å². The lowest BCUT2D eigenvalue weighted by Gasteiger charge is -2.24. The SMILES string of the molecule is CC(C)(C)OC(=O)[N+]1CCO[C@H](CO)C1. The predicted molar refractivity (Wildman–Crippen MR) is 54.9 cm³/mol. The van der Waals surface area contributed by atoms with E-state index in [1.807, 2.05) is 20.8 Å². The van der Waals surface area contributed by atoms with Crippen molar-refractivity contribution in [3.05, 3.63) is 0 Å². The molecule has 1 amide bonds. The summed E-state index contributed by atoms with van der Waals surface area (Å²) in [6, 6.07) is 0. The second-order valence-corrected chi connectivity index (χ2v) is 4.60. The number of aliphatic hydroxyl groups is 1. The van der Waals surface area contributed by atoms with Crippen LogP contribution in [0.3, 0.4) is 0 Å². The number of rotatable bonds is 1. The zero-order valence-corrected chi connectivity index (χ0v) is 9.52. The molecule has 0 aliphatic carbocycles. The zero-order valence-electron chi connectivity index (χ0n) is 9.52. The van der Waals surface area contributed by atoms with Gasteiger partial charge in [0.15, 0.2) is 13.1 Å². The molecule has 1 aliphatic rings. The van der Waals surface area contributed by atoms with Crippen molar-refractivity contribution in [1.82, 2.24) is 4.90 Å². The Morgan fingerprint density at radius 2 is 2.27 bits per heavy atom. The molecule has 15 heavy (non-hydrogen) atoms. The molecule has 0 aromatic heterocycles. The van der Waals surface area contributed by atoms with Crippen molar-refractivity contribution in [3.8, 4) is 0 Å². The summed E-state index contributed by atoms with van der Waals surface area (Å²) in [6.07, 6.45) is -0.629. The van der Waals surface area contributed by atoms with Crippen LogP contribution in [0.4, 0.5) is 4.79 Å². The maximum Gasteiger partial charge on any atom is 0.566 e. The van der Waals surface area contributed by atoms with Gasteiger partial charge in [0, 0.05) is 0 Å². The first-order valence-electron chi connectivity index (χ1n) is 5.13. The second-order valence-electron chi connectivity index (χ2n) is 4.60. The average Bonchev–Trinajstić information content (AvgIpc) is 2.15. The van der Waals surface area contributed by atoms with E-state index in [0.29, 0.717) is 19.7 Å². The van der Waals surface area contributed by atoms with Gasteiger partial charge in [0.2, 0.25) is 0 Å². The van der Waals surface area contributed by atoms with Crippen molar-refractivity contribution in [2.75, 3.05) is 26.3 Å². The number of nitrogens with zero attached hydrogens (tertiary/aromatic N) is 1. The molecule has 0 bridgehead atoms. The van der Waals surface area contributed by atoms with Crippen LogP contribution in [0.2, 0.25) is 0 Å². The molecule has 5 nitrogen and oxygen atoms in total.